The molecule has 1 aliphatic rings. The van der Waals surface area contributed by atoms with Gasteiger partial charge in [0.1, 0.15) is 0 Å². The van der Waals surface area contributed by atoms with Gasteiger partial charge in [-0.05, 0) is 62.6 Å². The van der Waals surface area contributed by atoms with Crippen LogP contribution < -0.4 is 5.32 Å². The number of aromatic nitrogens is 4. The van der Waals surface area contributed by atoms with Gasteiger partial charge in [0.25, 0.3) is 5.91 Å². The minimum Gasteiger partial charge on any atom is -0.319 e. The van der Waals surface area contributed by atoms with Gasteiger partial charge in [0, 0.05) is 62.6 Å². The van der Waals surface area contributed by atoms with Gasteiger partial charge < -0.3 is 15.1 Å². The zero-order valence-electron chi connectivity index (χ0n) is 21.0. The van der Waals surface area contributed by atoms with Crippen molar-refractivity contribution in [2.45, 2.75) is 13.1 Å². The summed E-state index contributed by atoms with van der Waals surface area (Å²) in [6, 6.07) is 12.0. The predicted octanol–water partition coefficient (Wildman–Crippen LogP) is 3.08. The number of H-pyrrole nitrogens is 1. The second-order valence-electron chi connectivity index (χ2n) is 9.72. The van der Waals surface area contributed by atoms with Crippen LogP contribution in [0, 0.1) is 0 Å². The van der Waals surface area contributed by atoms with Crippen LogP contribution in [0.2, 0.25) is 0 Å². The number of hydrogen-bond acceptors (Lipinski definition) is 7. The van der Waals surface area contributed by atoms with Gasteiger partial charge in [0.05, 0.1) is 23.1 Å². The number of carbonyl (C=O) groups is 1. The molecular weight excluding hydrogens is 452 g/mol. The van der Waals surface area contributed by atoms with E-state index in [9.17, 15) is 4.79 Å². The van der Waals surface area contributed by atoms with Crippen molar-refractivity contribution in [3.63, 3.8) is 0 Å². The molecule has 3 aromatic heterocycles. The van der Waals surface area contributed by atoms with Crippen molar-refractivity contribution in [2.24, 2.45) is 0 Å². The number of amides is 1. The minimum absolute atomic E-state index is 0.275. The highest BCUT2D eigenvalue weighted by atomic mass is 16.1. The van der Waals surface area contributed by atoms with Crippen molar-refractivity contribution < 1.29 is 4.79 Å². The second kappa shape index (κ2) is 10.5. The first-order chi connectivity index (χ1) is 17.4. The first-order valence-corrected chi connectivity index (χ1v) is 12.2. The molecule has 4 aromatic rings. The Morgan fingerprint density at radius 2 is 1.86 bits per heavy atom. The summed E-state index contributed by atoms with van der Waals surface area (Å²) in [6.07, 6.45) is 5.49. The maximum Gasteiger partial charge on any atom is 0.276 e. The van der Waals surface area contributed by atoms with E-state index in [-0.39, 0.29) is 5.91 Å². The number of hydrogen-bond donors (Lipinski definition) is 2. The number of fused-ring (bicyclic) bond motifs is 1. The highest BCUT2D eigenvalue weighted by Gasteiger charge is 2.17. The average molecular weight is 485 g/mol. The molecule has 0 saturated carbocycles. The number of benzene rings is 1. The molecule has 0 aliphatic carbocycles. The first-order valence-electron chi connectivity index (χ1n) is 12.2. The zero-order valence-corrected chi connectivity index (χ0v) is 21.0. The van der Waals surface area contributed by atoms with Crippen molar-refractivity contribution in [1.29, 1.82) is 0 Å². The number of pyridine rings is 2. The molecule has 1 saturated heterocycles. The quantitative estimate of drug-likeness (QED) is 0.416. The minimum atomic E-state index is -0.275. The summed E-state index contributed by atoms with van der Waals surface area (Å²) < 4.78 is 0. The fourth-order valence-electron chi connectivity index (χ4n) is 4.47. The number of piperazine rings is 1. The number of likely N-dealkylation sites (N-methyl/N-ethyl adjacent to an activating group) is 1. The van der Waals surface area contributed by atoms with Crippen LogP contribution in [0.15, 0.2) is 55.0 Å². The maximum absolute atomic E-state index is 13.0. The Hall–Kier alpha value is -3.66. The largest absolute Gasteiger partial charge is 0.319 e. The van der Waals surface area contributed by atoms with Crippen molar-refractivity contribution >= 4 is 22.5 Å². The van der Waals surface area contributed by atoms with Crippen molar-refractivity contribution in [1.82, 2.24) is 34.9 Å². The monoisotopic (exact) mass is 484 g/mol. The summed E-state index contributed by atoms with van der Waals surface area (Å²) in [7, 11) is 6.15. The third kappa shape index (κ3) is 5.59. The van der Waals surface area contributed by atoms with Gasteiger partial charge in [-0.3, -0.25) is 24.8 Å². The highest BCUT2D eigenvalue weighted by Crippen LogP contribution is 2.26. The molecule has 9 heteroatoms. The third-order valence-electron chi connectivity index (χ3n) is 6.47. The SMILES string of the molecule is CN(C)Cc1ccc(NC(=O)c2n[nH]c3ccc(-c4cncc(CN5CCN(C)CC5)c4)cc23)cn1. The van der Waals surface area contributed by atoms with E-state index in [1.54, 1.807) is 6.20 Å². The van der Waals surface area contributed by atoms with Gasteiger partial charge >= 0.3 is 0 Å². The number of carbonyl (C=O) groups excluding carboxylic acids is 1. The number of aromatic amines is 1. The molecule has 186 valence electrons. The van der Waals surface area contributed by atoms with Crippen LogP contribution in [0.3, 0.4) is 0 Å². The van der Waals surface area contributed by atoms with E-state index in [2.05, 4.69) is 48.4 Å². The highest BCUT2D eigenvalue weighted by molar-refractivity contribution is 6.11. The van der Waals surface area contributed by atoms with Crippen LogP contribution >= 0.6 is 0 Å². The first kappa shape index (κ1) is 24.1. The lowest BCUT2D eigenvalue weighted by Crippen LogP contribution is -2.43. The molecule has 2 N–H and O–H groups in total. The molecule has 1 aromatic carbocycles. The summed E-state index contributed by atoms with van der Waals surface area (Å²) in [6.45, 7) is 5.93. The molecule has 0 unspecified atom stereocenters. The van der Waals surface area contributed by atoms with E-state index >= 15 is 0 Å². The summed E-state index contributed by atoms with van der Waals surface area (Å²) in [4.78, 5) is 28.8. The van der Waals surface area contributed by atoms with E-state index in [1.165, 1.54) is 5.56 Å². The average Bonchev–Trinajstić information content (AvgIpc) is 3.30. The van der Waals surface area contributed by atoms with Gasteiger partial charge in [-0.2, -0.15) is 5.10 Å². The Morgan fingerprint density at radius 1 is 1.03 bits per heavy atom. The van der Waals surface area contributed by atoms with Crippen LogP contribution in [0.4, 0.5) is 5.69 Å². The summed E-state index contributed by atoms with van der Waals surface area (Å²) in [5, 5.41) is 11.0. The van der Waals surface area contributed by atoms with Crippen molar-refractivity contribution in [3.8, 4) is 11.1 Å². The van der Waals surface area contributed by atoms with E-state index in [0.29, 0.717) is 11.4 Å². The summed E-state index contributed by atoms with van der Waals surface area (Å²) in [5.41, 5.74) is 5.95. The number of nitrogens with zero attached hydrogens (tertiary/aromatic N) is 6. The third-order valence-corrected chi connectivity index (χ3v) is 6.47. The molecule has 5 rings (SSSR count). The fourth-order valence-corrected chi connectivity index (χ4v) is 4.47. The Morgan fingerprint density at radius 3 is 2.61 bits per heavy atom. The van der Waals surface area contributed by atoms with Crippen LogP contribution in [0.5, 0.6) is 0 Å². The predicted molar refractivity (Wildman–Crippen MR) is 142 cm³/mol. The van der Waals surface area contributed by atoms with Gasteiger partial charge in [-0.25, -0.2) is 0 Å². The van der Waals surface area contributed by atoms with Crippen LogP contribution in [0.25, 0.3) is 22.0 Å². The molecular formula is C27H32N8O. The van der Waals surface area contributed by atoms with E-state index in [1.807, 2.05) is 61.7 Å². The molecule has 0 spiro atoms. The Bertz CT molecular complexity index is 1340. The Labute approximate surface area is 211 Å². The number of anilines is 1. The maximum atomic E-state index is 13.0. The molecule has 9 nitrogen and oxygen atoms in total. The van der Waals surface area contributed by atoms with E-state index in [0.717, 1.165) is 67.0 Å². The summed E-state index contributed by atoms with van der Waals surface area (Å²) >= 11 is 0. The van der Waals surface area contributed by atoms with Crippen LogP contribution in [-0.2, 0) is 13.1 Å². The zero-order chi connectivity index (χ0) is 25.1. The Kier molecular flexibility index (Phi) is 7.04. The standard InChI is InChI=1S/C27H32N8O/c1-33(2)18-23-6-5-22(16-29-23)30-27(36)26-24-13-20(4-7-25(24)31-32-26)21-12-19(14-28-15-21)17-35-10-8-34(3)9-11-35/h4-7,12-16H,8-11,17-18H2,1-3H3,(H,30,36)(H,31,32). The van der Waals surface area contributed by atoms with Gasteiger partial charge in [0.2, 0.25) is 0 Å². The molecule has 1 amide bonds. The smallest absolute Gasteiger partial charge is 0.276 e. The molecule has 0 atom stereocenters. The second-order valence-corrected chi connectivity index (χ2v) is 9.72. The molecule has 36 heavy (non-hydrogen) atoms. The van der Waals surface area contributed by atoms with Gasteiger partial charge in [0.15, 0.2) is 5.69 Å². The molecule has 1 fully saturated rings. The number of rotatable bonds is 7. The lowest BCUT2D eigenvalue weighted by atomic mass is 10.0. The number of nitrogens with one attached hydrogen (secondary N) is 2. The van der Waals surface area contributed by atoms with Gasteiger partial charge in [-0.1, -0.05) is 6.07 Å². The lowest BCUT2D eigenvalue weighted by molar-refractivity contribution is 0.102. The molecule has 1 aliphatic heterocycles. The molecule has 4 heterocycles. The topological polar surface area (TPSA) is 93.3 Å². The van der Waals surface area contributed by atoms with Crippen LogP contribution in [0.1, 0.15) is 21.7 Å². The van der Waals surface area contributed by atoms with Gasteiger partial charge in [-0.15, -0.1) is 0 Å². The van der Waals surface area contributed by atoms with E-state index in [4.69, 9.17) is 0 Å². The van der Waals surface area contributed by atoms with Crippen molar-refractivity contribution in [3.05, 3.63) is 71.9 Å². The van der Waals surface area contributed by atoms with E-state index < -0.39 is 0 Å². The lowest BCUT2D eigenvalue weighted by Gasteiger charge is -2.32. The molecule has 0 bridgehead atoms. The van der Waals surface area contributed by atoms with Crippen molar-refractivity contribution in [2.75, 3.05) is 52.6 Å². The fraction of sp³-hybridized carbons (Fsp3) is 0.333. The normalized spacial score (nSPS) is 15.0. The molecule has 0 radical (unpaired) electrons. The Balaban J connectivity index is 1.33. The summed E-state index contributed by atoms with van der Waals surface area (Å²) in [5.74, 6) is -0.275. The van der Waals surface area contributed by atoms with Crippen LogP contribution in [-0.4, -0.2) is 88.1 Å².